The molecule has 34 heavy (non-hydrogen) atoms. The van der Waals surface area contributed by atoms with Crippen molar-refractivity contribution >= 4 is 17.5 Å². The molecule has 7 heteroatoms. The lowest BCUT2D eigenvalue weighted by Crippen LogP contribution is -2.35. The van der Waals surface area contributed by atoms with Gasteiger partial charge in [0.2, 0.25) is 11.8 Å². The molecule has 1 aliphatic heterocycles. The number of carbonyl (C=O) groups excluding carboxylic acids is 2. The zero-order valence-electron chi connectivity index (χ0n) is 19.5. The number of para-hydroxylation sites is 1. The quantitative estimate of drug-likeness (QED) is 0.547. The van der Waals surface area contributed by atoms with Gasteiger partial charge in [-0.05, 0) is 48.0 Å². The maximum atomic E-state index is 13.4. The van der Waals surface area contributed by atoms with E-state index in [1.165, 1.54) is 0 Å². The first-order valence-corrected chi connectivity index (χ1v) is 11.1. The van der Waals surface area contributed by atoms with E-state index >= 15 is 0 Å². The highest BCUT2D eigenvalue weighted by Crippen LogP contribution is 2.42. The van der Waals surface area contributed by atoms with Crippen molar-refractivity contribution < 1.29 is 23.8 Å². The zero-order valence-corrected chi connectivity index (χ0v) is 19.5. The highest BCUT2D eigenvalue weighted by molar-refractivity contribution is 6.01. The molecule has 1 saturated heterocycles. The number of carbonyl (C=O) groups is 2. The predicted molar refractivity (Wildman–Crippen MR) is 129 cm³/mol. The van der Waals surface area contributed by atoms with Gasteiger partial charge in [0.1, 0.15) is 17.2 Å². The van der Waals surface area contributed by atoms with Crippen molar-refractivity contribution in [3.05, 3.63) is 83.9 Å². The smallest absolute Gasteiger partial charge is 0.228 e. The zero-order chi connectivity index (χ0) is 24.1. The number of hydrogen-bond donors (Lipinski definition) is 1. The molecule has 0 aromatic heterocycles. The molecule has 1 N–H and O–H groups in total. The number of benzene rings is 3. The van der Waals surface area contributed by atoms with Gasteiger partial charge in [-0.1, -0.05) is 30.3 Å². The molecule has 3 aromatic carbocycles. The Morgan fingerprint density at radius 2 is 1.50 bits per heavy atom. The highest BCUT2D eigenvalue weighted by atomic mass is 16.5. The summed E-state index contributed by atoms with van der Waals surface area (Å²) in [4.78, 5) is 28.3. The molecule has 0 unspecified atom stereocenters. The maximum Gasteiger partial charge on any atom is 0.228 e. The topological polar surface area (TPSA) is 77.1 Å². The van der Waals surface area contributed by atoms with E-state index in [0.717, 1.165) is 11.1 Å². The Morgan fingerprint density at radius 3 is 2.12 bits per heavy atom. The Balaban J connectivity index is 1.64. The molecule has 4 rings (SSSR count). The van der Waals surface area contributed by atoms with Gasteiger partial charge in [0.25, 0.3) is 0 Å². The van der Waals surface area contributed by atoms with Crippen LogP contribution in [-0.2, 0) is 16.1 Å². The van der Waals surface area contributed by atoms with Crippen molar-refractivity contribution in [2.24, 2.45) is 5.92 Å². The Labute approximate surface area is 199 Å². The first kappa shape index (κ1) is 23.2. The molecule has 1 fully saturated rings. The summed E-state index contributed by atoms with van der Waals surface area (Å²) >= 11 is 0. The average molecular weight is 461 g/mol. The lowest BCUT2D eigenvalue weighted by Gasteiger charge is -2.28. The number of anilines is 1. The SMILES string of the molecule is COc1ccc([C@H]2[C@@H](C(=O)NCc3ccccc3OC)CC(=O)N2c2ccc(OC)cc2)cc1. The van der Waals surface area contributed by atoms with E-state index in [1.54, 1.807) is 26.2 Å². The van der Waals surface area contributed by atoms with Crippen LogP contribution in [0.3, 0.4) is 0 Å². The van der Waals surface area contributed by atoms with Gasteiger partial charge in [-0.15, -0.1) is 0 Å². The van der Waals surface area contributed by atoms with Gasteiger partial charge >= 0.3 is 0 Å². The van der Waals surface area contributed by atoms with Gasteiger partial charge in [-0.25, -0.2) is 0 Å². The predicted octanol–water partition coefficient (Wildman–Crippen LogP) is 4.12. The van der Waals surface area contributed by atoms with Crippen LogP contribution < -0.4 is 24.4 Å². The summed E-state index contributed by atoms with van der Waals surface area (Å²) in [6.07, 6.45) is 0.112. The van der Waals surface area contributed by atoms with E-state index in [0.29, 0.717) is 29.5 Å². The van der Waals surface area contributed by atoms with Crippen molar-refractivity contribution in [3.8, 4) is 17.2 Å². The molecule has 1 aliphatic rings. The van der Waals surface area contributed by atoms with Crippen molar-refractivity contribution in [3.63, 3.8) is 0 Å². The van der Waals surface area contributed by atoms with Crippen LogP contribution in [0.4, 0.5) is 5.69 Å². The number of hydrogen-bond acceptors (Lipinski definition) is 5. The first-order valence-electron chi connectivity index (χ1n) is 11.1. The Morgan fingerprint density at radius 1 is 0.882 bits per heavy atom. The molecule has 176 valence electrons. The van der Waals surface area contributed by atoms with Crippen molar-refractivity contribution in [2.75, 3.05) is 26.2 Å². The minimum atomic E-state index is -0.558. The van der Waals surface area contributed by atoms with Gasteiger partial charge in [0.15, 0.2) is 0 Å². The van der Waals surface area contributed by atoms with Gasteiger partial charge in [0, 0.05) is 24.2 Å². The third-order valence-corrected chi connectivity index (χ3v) is 6.11. The second-order valence-electron chi connectivity index (χ2n) is 8.02. The second-order valence-corrected chi connectivity index (χ2v) is 8.02. The molecule has 0 aliphatic carbocycles. The van der Waals surface area contributed by atoms with Crippen LogP contribution in [0.5, 0.6) is 17.2 Å². The number of methoxy groups -OCH3 is 3. The lowest BCUT2D eigenvalue weighted by molar-refractivity contribution is -0.127. The number of amides is 2. The summed E-state index contributed by atoms with van der Waals surface area (Å²) in [5, 5.41) is 3.01. The number of nitrogens with zero attached hydrogens (tertiary/aromatic N) is 1. The Kier molecular flexibility index (Phi) is 7.01. The van der Waals surface area contributed by atoms with Crippen LogP contribution in [-0.4, -0.2) is 33.1 Å². The number of rotatable bonds is 8. The van der Waals surface area contributed by atoms with Crippen LogP contribution in [0.15, 0.2) is 72.8 Å². The Hall–Kier alpha value is -4.00. The van der Waals surface area contributed by atoms with Crippen LogP contribution in [0.25, 0.3) is 0 Å². The summed E-state index contributed by atoms with van der Waals surface area (Å²) in [5.41, 5.74) is 2.45. The second kappa shape index (κ2) is 10.3. The van der Waals surface area contributed by atoms with Crippen LogP contribution in [0, 0.1) is 5.92 Å². The van der Waals surface area contributed by atoms with E-state index in [1.807, 2.05) is 72.8 Å². The van der Waals surface area contributed by atoms with Gasteiger partial charge in [0.05, 0.1) is 33.3 Å². The van der Waals surface area contributed by atoms with Crippen molar-refractivity contribution in [1.29, 1.82) is 0 Å². The normalized spacial score (nSPS) is 17.4. The molecule has 3 aromatic rings. The lowest BCUT2D eigenvalue weighted by atomic mass is 9.92. The summed E-state index contributed by atoms with van der Waals surface area (Å²) in [6.45, 7) is 0.311. The molecular formula is C27H28N2O5. The monoisotopic (exact) mass is 460 g/mol. The molecule has 0 spiro atoms. The van der Waals surface area contributed by atoms with Crippen LogP contribution in [0.2, 0.25) is 0 Å². The fourth-order valence-electron chi connectivity index (χ4n) is 4.36. The molecular weight excluding hydrogens is 432 g/mol. The van der Waals surface area contributed by atoms with E-state index in [2.05, 4.69) is 5.32 Å². The fourth-order valence-corrected chi connectivity index (χ4v) is 4.36. The minimum Gasteiger partial charge on any atom is -0.497 e. The third-order valence-electron chi connectivity index (χ3n) is 6.11. The number of ether oxygens (including phenoxy) is 3. The molecule has 2 atom stereocenters. The molecule has 1 heterocycles. The van der Waals surface area contributed by atoms with Crippen molar-refractivity contribution in [1.82, 2.24) is 5.32 Å². The average Bonchev–Trinajstić information content (AvgIpc) is 3.24. The van der Waals surface area contributed by atoms with Crippen LogP contribution in [0.1, 0.15) is 23.6 Å². The number of nitrogens with one attached hydrogen (secondary N) is 1. The molecule has 0 bridgehead atoms. The van der Waals surface area contributed by atoms with Gasteiger partial charge in [-0.2, -0.15) is 0 Å². The van der Waals surface area contributed by atoms with Gasteiger partial charge < -0.3 is 24.4 Å². The molecule has 2 amide bonds. The largest absolute Gasteiger partial charge is 0.497 e. The van der Waals surface area contributed by atoms with Crippen molar-refractivity contribution in [2.45, 2.75) is 19.0 Å². The fraction of sp³-hybridized carbons (Fsp3) is 0.259. The first-order chi connectivity index (χ1) is 16.5. The summed E-state index contributed by atoms with van der Waals surface area (Å²) in [5.74, 6) is 1.26. The van der Waals surface area contributed by atoms with E-state index in [4.69, 9.17) is 14.2 Å². The molecule has 0 saturated carbocycles. The summed E-state index contributed by atoms with van der Waals surface area (Å²) in [6, 6.07) is 21.9. The van der Waals surface area contributed by atoms with Gasteiger partial charge in [-0.3, -0.25) is 9.59 Å². The van der Waals surface area contributed by atoms with E-state index in [-0.39, 0.29) is 18.2 Å². The van der Waals surface area contributed by atoms with Crippen LogP contribution >= 0.6 is 0 Å². The molecule has 0 radical (unpaired) electrons. The summed E-state index contributed by atoms with van der Waals surface area (Å²) in [7, 11) is 4.80. The maximum absolute atomic E-state index is 13.4. The Bertz CT molecular complexity index is 1140. The summed E-state index contributed by atoms with van der Waals surface area (Å²) < 4.78 is 15.9. The van der Waals surface area contributed by atoms with E-state index < -0.39 is 12.0 Å². The standard InChI is InChI=1S/C27H28N2O5/c1-32-21-12-8-18(9-13-21)26-23(27(31)28-17-19-6-4-5-7-24(19)34-3)16-25(30)29(26)20-10-14-22(33-2)15-11-20/h4-15,23,26H,16-17H2,1-3H3,(H,28,31)/t23-,26-/m0/s1. The van der Waals surface area contributed by atoms with E-state index in [9.17, 15) is 9.59 Å². The third kappa shape index (κ3) is 4.69. The highest BCUT2D eigenvalue weighted by Gasteiger charge is 2.45. The molecule has 7 nitrogen and oxygen atoms in total. The minimum absolute atomic E-state index is 0.108.